The second kappa shape index (κ2) is 5.98. The molecule has 94 valence electrons. The normalized spacial score (nSPS) is 12.4. The van der Waals surface area contributed by atoms with Gasteiger partial charge in [-0.1, -0.05) is 17.7 Å². The fourth-order valence-electron chi connectivity index (χ4n) is 1.56. The van der Waals surface area contributed by atoms with Gasteiger partial charge < -0.3 is 5.11 Å². The summed E-state index contributed by atoms with van der Waals surface area (Å²) in [6.45, 7) is 2.02. The van der Waals surface area contributed by atoms with Crippen molar-refractivity contribution >= 4 is 11.8 Å². The van der Waals surface area contributed by atoms with Gasteiger partial charge in [0.15, 0.2) is 0 Å². The maximum absolute atomic E-state index is 13.4. The van der Waals surface area contributed by atoms with Crippen molar-refractivity contribution in [2.45, 2.75) is 17.9 Å². The number of hydrogen-bond donors (Lipinski definition) is 1. The molecule has 2 aromatic rings. The Bertz CT molecular complexity index is 515. The van der Waals surface area contributed by atoms with Crippen molar-refractivity contribution in [2.75, 3.05) is 5.75 Å². The predicted molar refractivity (Wildman–Crippen MR) is 71.1 cm³/mol. The first kappa shape index (κ1) is 13.1. The molecular formula is C14H14FNOS. The first-order valence-electron chi connectivity index (χ1n) is 5.64. The Morgan fingerprint density at radius 3 is 2.67 bits per heavy atom. The summed E-state index contributed by atoms with van der Waals surface area (Å²) in [5.74, 6) is -0.0428. The van der Waals surface area contributed by atoms with Crippen LogP contribution in [0.25, 0.3) is 0 Å². The molecule has 0 aliphatic rings. The zero-order chi connectivity index (χ0) is 13.0. The topological polar surface area (TPSA) is 33.1 Å². The second-order valence-electron chi connectivity index (χ2n) is 4.04. The van der Waals surface area contributed by atoms with Gasteiger partial charge in [-0.3, -0.25) is 4.98 Å². The molecule has 0 aliphatic heterocycles. The SMILES string of the molecule is Cc1ccc(SCC(O)c2ccncc2F)cc1. The summed E-state index contributed by atoms with van der Waals surface area (Å²) in [4.78, 5) is 4.73. The highest BCUT2D eigenvalue weighted by atomic mass is 32.2. The minimum absolute atomic E-state index is 0.296. The molecule has 0 radical (unpaired) electrons. The smallest absolute Gasteiger partial charge is 0.147 e. The fourth-order valence-corrected chi connectivity index (χ4v) is 2.41. The molecule has 0 amide bonds. The molecule has 1 aromatic heterocycles. The van der Waals surface area contributed by atoms with Crippen LogP contribution >= 0.6 is 11.8 Å². The van der Waals surface area contributed by atoms with Crippen LogP contribution in [0.5, 0.6) is 0 Å². The van der Waals surface area contributed by atoms with Crippen LogP contribution in [0.2, 0.25) is 0 Å². The number of aromatic nitrogens is 1. The Labute approximate surface area is 110 Å². The third kappa shape index (κ3) is 3.31. The minimum atomic E-state index is -0.820. The van der Waals surface area contributed by atoms with Crippen LogP contribution in [0.15, 0.2) is 47.6 Å². The van der Waals surface area contributed by atoms with Gasteiger partial charge in [-0.2, -0.15) is 0 Å². The molecule has 1 heterocycles. The van der Waals surface area contributed by atoms with Crippen LogP contribution in [-0.4, -0.2) is 15.8 Å². The van der Waals surface area contributed by atoms with Crippen LogP contribution in [0.1, 0.15) is 17.2 Å². The number of nitrogens with zero attached hydrogens (tertiary/aromatic N) is 1. The Kier molecular flexibility index (Phi) is 4.33. The quantitative estimate of drug-likeness (QED) is 0.859. The van der Waals surface area contributed by atoms with E-state index in [-0.39, 0.29) is 0 Å². The number of hydrogen-bond acceptors (Lipinski definition) is 3. The average Bonchev–Trinajstić information content (AvgIpc) is 2.38. The first-order valence-corrected chi connectivity index (χ1v) is 6.62. The minimum Gasteiger partial charge on any atom is -0.387 e. The van der Waals surface area contributed by atoms with Crippen LogP contribution in [0.3, 0.4) is 0 Å². The molecule has 1 unspecified atom stereocenters. The Balaban J connectivity index is 1.98. The number of halogens is 1. The molecule has 2 nitrogen and oxygen atoms in total. The number of aliphatic hydroxyl groups is 1. The van der Waals surface area contributed by atoms with Gasteiger partial charge in [0, 0.05) is 22.4 Å². The molecule has 2 rings (SSSR count). The third-order valence-corrected chi connectivity index (χ3v) is 3.68. The monoisotopic (exact) mass is 263 g/mol. The lowest BCUT2D eigenvalue weighted by Crippen LogP contribution is -2.03. The van der Waals surface area contributed by atoms with E-state index in [0.717, 1.165) is 11.1 Å². The molecule has 0 fully saturated rings. The summed E-state index contributed by atoms with van der Waals surface area (Å²) in [5, 5.41) is 9.93. The highest BCUT2D eigenvalue weighted by Crippen LogP contribution is 2.25. The van der Waals surface area contributed by atoms with Crippen molar-refractivity contribution in [1.82, 2.24) is 4.98 Å². The Morgan fingerprint density at radius 2 is 2.00 bits per heavy atom. The van der Waals surface area contributed by atoms with Crippen molar-refractivity contribution in [3.8, 4) is 0 Å². The first-order chi connectivity index (χ1) is 8.66. The van der Waals surface area contributed by atoms with Gasteiger partial charge in [-0.15, -0.1) is 11.8 Å². The average molecular weight is 263 g/mol. The van der Waals surface area contributed by atoms with Crippen molar-refractivity contribution in [2.24, 2.45) is 0 Å². The zero-order valence-electron chi connectivity index (χ0n) is 10.0. The van der Waals surface area contributed by atoms with Gasteiger partial charge in [-0.05, 0) is 25.1 Å². The van der Waals surface area contributed by atoms with Crippen LogP contribution in [-0.2, 0) is 0 Å². The summed E-state index contributed by atoms with van der Waals surface area (Å²) in [7, 11) is 0. The van der Waals surface area contributed by atoms with Gasteiger partial charge in [0.25, 0.3) is 0 Å². The number of aryl methyl sites for hydroxylation is 1. The van der Waals surface area contributed by atoms with Gasteiger partial charge in [0.2, 0.25) is 0 Å². The van der Waals surface area contributed by atoms with E-state index in [1.807, 2.05) is 31.2 Å². The van der Waals surface area contributed by atoms with Gasteiger partial charge >= 0.3 is 0 Å². The summed E-state index contributed by atoms with van der Waals surface area (Å²) >= 11 is 1.50. The number of pyridine rings is 1. The van der Waals surface area contributed by atoms with Gasteiger partial charge in [-0.25, -0.2) is 4.39 Å². The molecule has 0 saturated heterocycles. The van der Waals surface area contributed by atoms with E-state index < -0.39 is 11.9 Å². The highest BCUT2D eigenvalue weighted by molar-refractivity contribution is 7.99. The van der Waals surface area contributed by atoms with E-state index >= 15 is 0 Å². The second-order valence-corrected chi connectivity index (χ2v) is 5.13. The van der Waals surface area contributed by atoms with Crippen molar-refractivity contribution < 1.29 is 9.50 Å². The largest absolute Gasteiger partial charge is 0.387 e. The predicted octanol–water partition coefficient (Wildman–Crippen LogP) is 3.35. The molecule has 4 heteroatoms. The lowest BCUT2D eigenvalue weighted by atomic mass is 10.2. The molecule has 0 bridgehead atoms. The van der Waals surface area contributed by atoms with Crippen LogP contribution in [0, 0.1) is 12.7 Å². The molecule has 0 spiro atoms. The molecule has 0 saturated carbocycles. The molecule has 1 atom stereocenters. The number of aliphatic hydroxyl groups excluding tert-OH is 1. The van der Waals surface area contributed by atoms with E-state index in [0.29, 0.717) is 11.3 Å². The Morgan fingerprint density at radius 1 is 1.28 bits per heavy atom. The van der Waals surface area contributed by atoms with Gasteiger partial charge in [0.1, 0.15) is 5.82 Å². The summed E-state index contributed by atoms with van der Waals surface area (Å²) in [6.07, 6.45) is 1.78. The van der Waals surface area contributed by atoms with Crippen LogP contribution in [0.4, 0.5) is 4.39 Å². The van der Waals surface area contributed by atoms with E-state index in [9.17, 15) is 9.50 Å². The number of benzene rings is 1. The molecule has 0 aliphatic carbocycles. The van der Waals surface area contributed by atoms with Gasteiger partial charge in [0.05, 0.1) is 12.3 Å². The maximum Gasteiger partial charge on any atom is 0.147 e. The summed E-state index contributed by atoms with van der Waals surface area (Å²) in [6, 6.07) is 9.53. The number of thioether (sulfide) groups is 1. The molecule has 1 aromatic carbocycles. The summed E-state index contributed by atoms with van der Waals surface area (Å²) in [5.41, 5.74) is 1.49. The maximum atomic E-state index is 13.4. The highest BCUT2D eigenvalue weighted by Gasteiger charge is 2.12. The third-order valence-electron chi connectivity index (χ3n) is 2.59. The Hall–Kier alpha value is -1.39. The van der Waals surface area contributed by atoms with Crippen molar-refractivity contribution in [1.29, 1.82) is 0 Å². The van der Waals surface area contributed by atoms with E-state index in [1.165, 1.54) is 29.6 Å². The molecular weight excluding hydrogens is 249 g/mol. The van der Waals surface area contributed by atoms with E-state index in [4.69, 9.17) is 0 Å². The zero-order valence-corrected chi connectivity index (χ0v) is 10.8. The fraction of sp³-hybridized carbons (Fsp3) is 0.214. The van der Waals surface area contributed by atoms with E-state index in [2.05, 4.69) is 4.98 Å². The van der Waals surface area contributed by atoms with Crippen molar-refractivity contribution in [3.63, 3.8) is 0 Å². The summed E-state index contributed by atoms with van der Waals surface area (Å²) < 4.78 is 13.4. The lowest BCUT2D eigenvalue weighted by Gasteiger charge is -2.11. The van der Waals surface area contributed by atoms with E-state index in [1.54, 1.807) is 0 Å². The molecule has 1 N–H and O–H groups in total. The van der Waals surface area contributed by atoms with Crippen molar-refractivity contribution in [3.05, 3.63) is 59.7 Å². The van der Waals surface area contributed by atoms with Crippen LogP contribution < -0.4 is 0 Å². The standard InChI is InChI=1S/C14H14FNOS/c1-10-2-4-11(5-3-10)18-9-14(17)12-6-7-16-8-13(12)15/h2-8,14,17H,9H2,1H3. The molecule has 18 heavy (non-hydrogen) atoms. The number of rotatable bonds is 4. The lowest BCUT2D eigenvalue weighted by molar-refractivity contribution is 0.198.